The van der Waals surface area contributed by atoms with Gasteiger partial charge in [-0.2, -0.15) is 13.2 Å². The Morgan fingerprint density at radius 2 is 2.09 bits per heavy atom. The SMILES string of the molecule is C#CC(NC(=O)N(CC)Cc1cc(-c2cn3ccnc3c(OC)n2)c(OC)cn1)C(F)(F)F. The van der Waals surface area contributed by atoms with Crippen molar-refractivity contribution in [1.29, 1.82) is 0 Å². The number of carbonyl (C=O) groups excluding carboxylic acids is 1. The Hall–Kier alpha value is -4.01. The number of terminal acetylenes is 1. The van der Waals surface area contributed by atoms with Crippen molar-refractivity contribution >= 4 is 11.7 Å². The Morgan fingerprint density at radius 3 is 2.70 bits per heavy atom. The number of halogens is 3. The number of hydrogen-bond acceptors (Lipinski definition) is 6. The van der Waals surface area contributed by atoms with E-state index in [-0.39, 0.29) is 13.1 Å². The summed E-state index contributed by atoms with van der Waals surface area (Å²) >= 11 is 0. The highest BCUT2D eigenvalue weighted by Crippen LogP contribution is 2.31. The van der Waals surface area contributed by atoms with E-state index in [1.807, 2.05) is 5.32 Å². The highest BCUT2D eigenvalue weighted by molar-refractivity contribution is 5.75. The van der Waals surface area contributed by atoms with Gasteiger partial charge in [0.2, 0.25) is 0 Å². The highest BCUT2D eigenvalue weighted by Gasteiger charge is 2.40. The zero-order valence-corrected chi connectivity index (χ0v) is 18.1. The van der Waals surface area contributed by atoms with Crippen molar-refractivity contribution in [2.45, 2.75) is 25.7 Å². The zero-order chi connectivity index (χ0) is 24.2. The molecule has 0 aliphatic heterocycles. The summed E-state index contributed by atoms with van der Waals surface area (Å²) in [7, 11) is 2.94. The number of fused-ring (bicyclic) bond motifs is 1. The molecule has 33 heavy (non-hydrogen) atoms. The predicted molar refractivity (Wildman–Crippen MR) is 113 cm³/mol. The summed E-state index contributed by atoms with van der Waals surface area (Å²) in [5.41, 5.74) is 1.95. The van der Waals surface area contributed by atoms with Crippen LogP contribution < -0.4 is 14.8 Å². The van der Waals surface area contributed by atoms with Crippen molar-refractivity contribution in [3.8, 4) is 35.2 Å². The maximum Gasteiger partial charge on any atom is 0.420 e. The molecule has 0 bridgehead atoms. The van der Waals surface area contributed by atoms with Crippen molar-refractivity contribution in [3.63, 3.8) is 0 Å². The van der Waals surface area contributed by atoms with Gasteiger partial charge < -0.3 is 24.1 Å². The van der Waals surface area contributed by atoms with Gasteiger partial charge in [0.1, 0.15) is 5.75 Å². The van der Waals surface area contributed by atoms with Crippen molar-refractivity contribution in [1.82, 2.24) is 29.6 Å². The fourth-order valence-electron chi connectivity index (χ4n) is 3.06. The number of aromatic nitrogens is 4. The molecular weight excluding hydrogens is 441 g/mol. The Labute approximate surface area is 187 Å². The van der Waals surface area contributed by atoms with Gasteiger partial charge in [-0.05, 0) is 13.0 Å². The largest absolute Gasteiger partial charge is 0.494 e. The summed E-state index contributed by atoms with van der Waals surface area (Å²) in [5, 5.41) is 1.81. The third-order valence-corrected chi connectivity index (χ3v) is 4.74. The number of urea groups is 1. The fourth-order valence-corrected chi connectivity index (χ4v) is 3.06. The molecule has 0 aliphatic rings. The second-order valence-electron chi connectivity index (χ2n) is 6.77. The maximum atomic E-state index is 12.9. The van der Waals surface area contributed by atoms with Gasteiger partial charge in [0.05, 0.1) is 38.3 Å². The van der Waals surface area contributed by atoms with Crippen molar-refractivity contribution in [2.24, 2.45) is 0 Å². The summed E-state index contributed by atoms with van der Waals surface area (Å²) < 4.78 is 51.2. The number of methoxy groups -OCH3 is 2. The second-order valence-corrected chi connectivity index (χ2v) is 6.77. The third kappa shape index (κ3) is 5.08. The first-order chi connectivity index (χ1) is 15.7. The molecule has 174 valence electrons. The number of carbonyl (C=O) groups is 1. The molecule has 3 heterocycles. The number of nitrogens with zero attached hydrogens (tertiary/aromatic N) is 5. The van der Waals surface area contributed by atoms with Gasteiger partial charge in [0.25, 0.3) is 5.88 Å². The Bertz CT molecular complexity index is 1190. The zero-order valence-electron chi connectivity index (χ0n) is 18.1. The van der Waals surface area contributed by atoms with E-state index in [0.29, 0.717) is 34.2 Å². The van der Waals surface area contributed by atoms with E-state index >= 15 is 0 Å². The lowest BCUT2D eigenvalue weighted by Gasteiger charge is -2.24. The molecule has 0 aliphatic carbocycles. The van der Waals surface area contributed by atoms with Gasteiger partial charge in [0, 0.05) is 30.7 Å². The van der Waals surface area contributed by atoms with E-state index in [1.165, 1.54) is 20.4 Å². The van der Waals surface area contributed by atoms with Gasteiger partial charge in [-0.15, -0.1) is 6.42 Å². The standard InChI is InChI=1S/C21H21F3N6O3/c1-5-17(21(22,23)24)28-20(31)29(6-2)11-13-9-14(16(32-3)10-26-13)15-12-30-8-7-25-18(30)19(27-15)33-4/h1,7-10,12,17H,6,11H2,2-4H3,(H,28,31). The van der Waals surface area contributed by atoms with Crippen LogP contribution in [0, 0.1) is 12.3 Å². The van der Waals surface area contributed by atoms with Crippen LogP contribution in [0.4, 0.5) is 18.0 Å². The number of alkyl halides is 3. The Kier molecular flexibility index (Phi) is 6.91. The first-order valence-corrected chi connectivity index (χ1v) is 9.71. The number of hydrogen-bond donors (Lipinski definition) is 1. The average molecular weight is 462 g/mol. The van der Waals surface area contributed by atoms with E-state index in [0.717, 1.165) is 4.90 Å². The monoisotopic (exact) mass is 462 g/mol. The van der Waals surface area contributed by atoms with Gasteiger partial charge >= 0.3 is 12.2 Å². The van der Waals surface area contributed by atoms with Crippen LogP contribution in [0.5, 0.6) is 11.6 Å². The summed E-state index contributed by atoms with van der Waals surface area (Å²) in [5.74, 6) is 2.24. The van der Waals surface area contributed by atoms with Crippen LogP contribution in [0.1, 0.15) is 12.6 Å². The molecule has 9 nitrogen and oxygen atoms in total. The molecule has 2 amide bonds. The van der Waals surface area contributed by atoms with E-state index in [1.54, 1.807) is 41.9 Å². The number of amides is 2. The van der Waals surface area contributed by atoms with Crippen LogP contribution in [0.15, 0.2) is 30.9 Å². The van der Waals surface area contributed by atoms with Crippen LogP contribution in [0.2, 0.25) is 0 Å². The third-order valence-electron chi connectivity index (χ3n) is 4.74. The normalized spacial score (nSPS) is 12.2. The Morgan fingerprint density at radius 1 is 1.33 bits per heavy atom. The van der Waals surface area contributed by atoms with Gasteiger partial charge in [0.15, 0.2) is 11.7 Å². The van der Waals surface area contributed by atoms with E-state index < -0.39 is 18.2 Å². The van der Waals surface area contributed by atoms with Crippen molar-refractivity contribution < 1.29 is 27.4 Å². The molecule has 1 N–H and O–H groups in total. The number of pyridine rings is 1. The summed E-state index contributed by atoms with van der Waals surface area (Å²) in [6.07, 6.45) is 6.65. The molecule has 0 saturated carbocycles. The fraction of sp³-hybridized carbons (Fsp3) is 0.333. The van der Waals surface area contributed by atoms with Gasteiger partial charge in [-0.3, -0.25) is 4.98 Å². The van der Waals surface area contributed by atoms with E-state index in [9.17, 15) is 18.0 Å². The molecule has 1 unspecified atom stereocenters. The van der Waals surface area contributed by atoms with Gasteiger partial charge in [-0.25, -0.2) is 14.8 Å². The molecular formula is C21H21F3N6O3. The van der Waals surface area contributed by atoms with Crippen molar-refractivity contribution in [2.75, 3.05) is 20.8 Å². The van der Waals surface area contributed by atoms with Crippen molar-refractivity contribution in [3.05, 3.63) is 36.5 Å². The molecule has 3 aromatic rings. The Balaban J connectivity index is 1.92. The molecule has 0 saturated heterocycles. The quantitative estimate of drug-likeness (QED) is 0.543. The lowest BCUT2D eigenvalue weighted by molar-refractivity contribution is -0.140. The molecule has 0 spiro atoms. The first-order valence-electron chi connectivity index (χ1n) is 9.71. The number of nitrogens with one attached hydrogen (secondary N) is 1. The minimum Gasteiger partial charge on any atom is -0.494 e. The second kappa shape index (κ2) is 9.64. The van der Waals surface area contributed by atoms with Crippen LogP contribution in [0.3, 0.4) is 0 Å². The molecule has 3 rings (SSSR count). The average Bonchev–Trinajstić information content (AvgIpc) is 3.28. The molecule has 0 radical (unpaired) electrons. The minimum atomic E-state index is -4.76. The van der Waals surface area contributed by atoms with Crippen LogP contribution in [-0.4, -0.2) is 63.3 Å². The molecule has 12 heteroatoms. The topological polar surface area (TPSA) is 93.9 Å². The van der Waals surface area contributed by atoms with Crippen LogP contribution >= 0.6 is 0 Å². The minimum absolute atomic E-state index is 0.0705. The first kappa shape index (κ1) is 23.6. The summed E-state index contributed by atoms with van der Waals surface area (Å²) in [6, 6.07) is -1.71. The maximum absolute atomic E-state index is 12.9. The van der Waals surface area contributed by atoms with E-state index in [4.69, 9.17) is 15.9 Å². The number of imidazole rings is 1. The predicted octanol–water partition coefficient (Wildman–Crippen LogP) is 2.90. The lowest BCUT2D eigenvalue weighted by atomic mass is 10.1. The number of rotatable bonds is 7. The molecule has 0 fully saturated rings. The van der Waals surface area contributed by atoms with Crippen LogP contribution in [-0.2, 0) is 6.54 Å². The van der Waals surface area contributed by atoms with Gasteiger partial charge in [-0.1, -0.05) is 5.92 Å². The smallest absolute Gasteiger partial charge is 0.420 e. The summed E-state index contributed by atoms with van der Waals surface area (Å²) in [6.45, 7) is 1.68. The van der Waals surface area contributed by atoms with E-state index in [2.05, 4.69) is 15.0 Å². The molecule has 3 aromatic heterocycles. The lowest BCUT2D eigenvalue weighted by Crippen LogP contribution is -2.49. The summed E-state index contributed by atoms with van der Waals surface area (Å²) in [4.78, 5) is 26.5. The molecule has 0 aromatic carbocycles. The molecule has 1 atom stereocenters. The number of ether oxygens (including phenoxy) is 2. The highest BCUT2D eigenvalue weighted by atomic mass is 19.4. The van der Waals surface area contributed by atoms with Crippen LogP contribution in [0.25, 0.3) is 16.9 Å².